The average Bonchev–Trinajstić information content (AvgIpc) is 2.41. The van der Waals surface area contributed by atoms with Crippen molar-refractivity contribution in [2.24, 2.45) is 0 Å². The van der Waals surface area contributed by atoms with Gasteiger partial charge in [0.25, 0.3) is 11.6 Å². The summed E-state index contributed by atoms with van der Waals surface area (Å²) in [6, 6.07) is 7.92. The molecule has 2 aromatic rings. The van der Waals surface area contributed by atoms with Gasteiger partial charge in [0.15, 0.2) is 0 Å². The second-order valence-electron chi connectivity index (χ2n) is 4.36. The van der Waals surface area contributed by atoms with Crippen LogP contribution in [0.1, 0.15) is 15.9 Å². The first-order valence-electron chi connectivity index (χ1n) is 5.90. The maximum Gasteiger partial charge on any atom is 0.283 e. The maximum atomic E-state index is 13.7. The second kappa shape index (κ2) is 5.88. The van der Waals surface area contributed by atoms with E-state index in [0.29, 0.717) is 5.56 Å². The highest BCUT2D eigenvalue weighted by Crippen LogP contribution is 2.25. The fourth-order valence-electron chi connectivity index (χ4n) is 1.76. The Hall–Kier alpha value is -2.47. The molecule has 0 aliphatic carbocycles. The predicted octanol–water partition coefficient (Wildman–Crippen LogP) is 3.95. The molecule has 0 radical (unpaired) electrons. The molecular formula is C14H10ClFN2O3. The third-order valence-electron chi connectivity index (χ3n) is 2.77. The van der Waals surface area contributed by atoms with Crippen LogP contribution in [0.4, 0.5) is 15.8 Å². The number of nitro benzene ring substituents is 1. The molecule has 108 valence electrons. The van der Waals surface area contributed by atoms with E-state index in [4.69, 9.17) is 11.6 Å². The Kier molecular flexibility index (Phi) is 4.18. The van der Waals surface area contributed by atoms with Gasteiger partial charge in [-0.1, -0.05) is 17.7 Å². The van der Waals surface area contributed by atoms with Crippen molar-refractivity contribution in [1.82, 2.24) is 0 Å². The van der Waals surface area contributed by atoms with Gasteiger partial charge in [-0.05, 0) is 36.8 Å². The predicted molar refractivity (Wildman–Crippen MR) is 77.2 cm³/mol. The number of rotatable bonds is 3. The lowest BCUT2D eigenvalue weighted by Crippen LogP contribution is -2.15. The Morgan fingerprint density at radius 2 is 2.00 bits per heavy atom. The quantitative estimate of drug-likeness (QED) is 0.689. The van der Waals surface area contributed by atoms with Crippen LogP contribution in [0.2, 0.25) is 5.02 Å². The molecule has 0 aliphatic rings. The van der Waals surface area contributed by atoms with Gasteiger partial charge in [0.05, 0.1) is 10.6 Å². The Morgan fingerprint density at radius 1 is 1.29 bits per heavy atom. The number of anilines is 1. The molecule has 0 spiro atoms. The zero-order chi connectivity index (χ0) is 15.6. The van der Waals surface area contributed by atoms with E-state index in [9.17, 15) is 19.3 Å². The molecule has 0 aromatic heterocycles. The van der Waals surface area contributed by atoms with Crippen LogP contribution in [0.5, 0.6) is 0 Å². The summed E-state index contributed by atoms with van der Waals surface area (Å²) in [5.41, 5.74) is 0.0229. The monoisotopic (exact) mass is 308 g/mol. The van der Waals surface area contributed by atoms with E-state index >= 15 is 0 Å². The standard InChI is InChI=1S/C14H10ClFN2O3/c1-8-2-5-12(11(16)6-8)17-14(19)10-4-3-9(15)7-13(10)18(20)21/h2-7H,1H3,(H,17,19). The molecule has 2 rings (SSSR count). The van der Waals surface area contributed by atoms with Crippen molar-refractivity contribution in [3.63, 3.8) is 0 Å². The zero-order valence-corrected chi connectivity index (χ0v) is 11.6. The van der Waals surface area contributed by atoms with Crippen LogP contribution in [-0.4, -0.2) is 10.8 Å². The first kappa shape index (κ1) is 14.9. The fourth-order valence-corrected chi connectivity index (χ4v) is 1.93. The van der Waals surface area contributed by atoms with Crippen LogP contribution < -0.4 is 5.32 Å². The second-order valence-corrected chi connectivity index (χ2v) is 4.79. The van der Waals surface area contributed by atoms with Gasteiger partial charge in [-0.2, -0.15) is 0 Å². The summed E-state index contributed by atoms with van der Waals surface area (Å²) in [6.07, 6.45) is 0. The van der Waals surface area contributed by atoms with Gasteiger partial charge < -0.3 is 5.32 Å². The zero-order valence-electron chi connectivity index (χ0n) is 10.9. The van der Waals surface area contributed by atoms with Crippen molar-refractivity contribution < 1.29 is 14.1 Å². The molecule has 2 aromatic carbocycles. The number of nitrogens with zero attached hydrogens (tertiary/aromatic N) is 1. The minimum atomic E-state index is -0.777. The van der Waals surface area contributed by atoms with Gasteiger partial charge >= 0.3 is 0 Å². The Labute approximate surface area is 124 Å². The molecule has 7 heteroatoms. The van der Waals surface area contributed by atoms with Crippen molar-refractivity contribution in [1.29, 1.82) is 0 Å². The molecule has 0 bridgehead atoms. The lowest BCUT2D eigenvalue weighted by atomic mass is 10.1. The molecule has 0 saturated carbocycles. The Balaban J connectivity index is 2.34. The highest BCUT2D eigenvalue weighted by Gasteiger charge is 2.21. The highest BCUT2D eigenvalue weighted by molar-refractivity contribution is 6.31. The number of halogens is 2. The molecule has 0 fully saturated rings. The lowest BCUT2D eigenvalue weighted by molar-refractivity contribution is -0.385. The first-order valence-corrected chi connectivity index (χ1v) is 6.27. The molecular weight excluding hydrogens is 299 g/mol. The normalized spacial score (nSPS) is 10.2. The fraction of sp³-hybridized carbons (Fsp3) is 0.0714. The average molecular weight is 309 g/mol. The van der Waals surface area contributed by atoms with E-state index in [-0.39, 0.29) is 16.3 Å². The van der Waals surface area contributed by atoms with Gasteiger partial charge in [0.2, 0.25) is 0 Å². The number of benzene rings is 2. The molecule has 1 N–H and O–H groups in total. The topological polar surface area (TPSA) is 72.2 Å². The van der Waals surface area contributed by atoms with Gasteiger partial charge in [0, 0.05) is 11.1 Å². The van der Waals surface area contributed by atoms with Gasteiger partial charge in [-0.15, -0.1) is 0 Å². The summed E-state index contributed by atoms with van der Waals surface area (Å²) in [4.78, 5) is 22.3. The third kappa shape index (κ3) is 3.35. The van der Waals surface area contributed by atoms with Crippen LogP contribution in [-0.2, 0) is 0 Å². The third-order valence-corrected chi connectivity index (χ3v) is 3.01. The van der Waals surface area contributed by atoms with Crippen molar-refractivity contribution in [3.8, 4) is 0 Å². The SMILES string of the molecule is Cc1ccc(NC(=O)c2ccc(Cl)cc2[N+](=O)[O-])c(F)c1. The van der Waals surface area contributed by atoms with E-state index in [2.05, 4.69) is 5.32 Å². The molecule has 0 atom stereocenters. The van der Waals surface area contributed by atoms with Gasteiger partial charge in [-0.3, -0.25) is 14.9 Å². The number of hydrogen-bond acceptors (Lipinski definition) is 3. The number of nitro groups is 1. The highest BCUT2D eigenvalue weighted by atomic mass is 35.5. The smallest absolute Gasteiger partial charge is 0.283 e. The van der Waals surface area contributed by atoms with Crippen LogP contribution in [0, 0.1) is 22.9 Å². The number of aryl methyl sites for hydroxylation is 1. The molecule has 5 nitrogen and oxygen atoms in total. The minimum Gasteiger partial charge on any atom is -0.319 e. The number of carbonyl (C=O) groups is 1. The number of carbonyl (C=O) groups excluding carboxylic acids is 1. The number of amides is 1. The lowest BCUT2D eigenvalue weighted by Gasteiger charge is -2.07. The largest absolute Gasteiger partial charge is 0.319 e. The minimum absolute atomic E-state index is 0.0464. The van der Waals surface area contributed by atoms with E-state index in [0.717, 1.165) is 6.07 Å². The molecule has 0 aliphatic heterocycles. The van der Waals surface area contributed by atoms with E-state index in [1.54, 1.807) is 13.0 Å². The summed E-state index contributed by atoms with van der Waals surface area (Å²) in [7, 11) is 0. The van der Waals surface area contributed by atoms with E-state index in [1.165, 1.54) is 24.3 Å². The van der Waals surface area contributed by atoms with Gasteiger partial charge in [0.1, 0.15) is 11.4 Å². The molecule has 1 amide bonds. The Bertz CT molecular complexity index is 734. The van der Waals surface area contributed by atoms with Crippen LogP contribution in [0.25, 0.3) is 0 Å². The summed E-state index contributed by atoms with van der Waals surface area (Å²) in [5, 5.41) is 13.4. The van der Waals surface area contributed by atoms with Crippen molar-refractivity contribution in [2.45, 2.75) is 6.92 Å². The van der Waals surface area contributed by atoms with E-state index in [1.807, 2.05) is 0 Å². The Morgan fingerprint density at radius 3 is 2.62 bits per heavy atom. The molecule has 21 heavy (non-hydrogen) atoms. The van der Waals surface area contributed by atoms with Crippen molar-refractivity contribution >= 4 is 28.9 Å². The van der Waals surface area contributed by atoms with E-state index < -0.39 is 22.3 Å². The molecule has 0 saturated heterocycles. The summed E-state index contributed by atoms with van der Waals surface area (Å²) >= 11 is 5.67. The summed E-state index contributed by atoms with van der Waals surface area (Å²) < 4.78 is 13.7. The first-order chi connectivity index (χ1) is 9.88. The van der Waals surface area contributed by atoms with Crippen LogP contribution in [0.3, 0.4) is 0 Å². The maximum absolute atomic E-state index is 13.7. The van der Waals surface area contributed by atoms with Crippen LogP contribution in [0.15, 0.2) is 36.4 Å². The number of nitrogens with one attached hydrogen (secondary N) is 1. The van der Waals surface area contributed by atoms with Crippen molar-refractivity contribution in [3.05, 3.63) is 68.5 Å². The van der Waals surface area contributed by atoms with Crippen LogP contribution >= 0.6 is 11.6 Å². The number of hydrogen-bond donors (Lipinski definition) is 1. The van der Waals surface area contributed by atoms with Gasteiger partial charge in [-0.25, -0.2) is 4.39 Å². The summed E-state index contributed by atoms with van der Waals surface area (Å²) in [6.45, 7) is 1.71. The molecule has 0 heterocycles. The summed E-state index contributed by atoms with van der Waals surface area (Å²) in [5.74, 6) is -1.39. The van der Waals surface area contributed by atoms with Crippen molar-refractivity contribution in [2.75, 3.05) is 5.32 Å². The molecule has 0 unspecified atom stereocenters.